The topological polar surface area (TPSA) is 15.3 Å². The van der Waals surface area contributed by atoms with Gasteiger partial charge in [-0.05, 0) is 38.7 Å². The summed E-state index contributed by atoms with van der Waals surface area (Å²) in [7, 11) is 6.35. The fraction of sp³-hybridized carbons (Fsp3) is 0.500. The molecule has 0 saturated carbocycles. The van der Waals surface area contributed by atoms with Crippen LogP contribution in [-0.2, 0) is 6.42 Å². The van der Waals surface area contributed by atoms with Crippen LogP contribution in [0.4, 0.5) is 0 Å². The van der Waals surface area contributed by atoms with Gasteiger partial charge >= 0.3 is 0 Å². The number of hydrogen-bond acceptors (Lipinski definition) is 2. The molecule has 1 aromatic carbocycles. The zero-order valence-electron chi connectivity index (χ0n) is 9.12. The highest BCUT2D eigenvalue weighted by molar-refractivity contribution is 5.37. The van der Waals surface area contributed by atoms with Crippen molar-refractivity contribution in [1.29, 1.82) is 0 Å². The Hall–Kier alpha value is -0.860. The molecule has 0 aromatic heterocycles. The fourth-order valence-electron chi connectivity index (χ4n) is 2.40. The molecule has 0 heterocycles. The first-order chi connectivity index (χ1) is 6.74. The number of nitrogens with zero attached hydrogens (tertiary/aromatic N) is 1. The number of rotatable bonds is 2. The fourth-order valence-corrected chi connectivity index (χ4v) is 2.40. The van der Waals surface area contributed by atoms with Crippen molar-refractivity contribution in [3.05, 3.63) is 35.4 Å². The van der Waals surface area contributed by atoms with Crippen LogP contribution in [0.3, 0.4) is 0 Å². The summed E-state index contributed by atoms with van der Waals surface area (Å²) >= 11 is 0. The third-order valence-electron chi connectivity index (χ3n) is 3.18. The molecule has 2 nitrogen and oxygen atoms in total. The Morgan fingerprint density at radius 3 is 2.64 bits per heavy atom. The average Bonchev–Trinajstić information content (AvgIpc) is 2.56. The van der Waals surface area contributed by atoms with E-state index in [4.69, 9.17) is 0 Å². The van der Waals surface area contributed by atoms with E-state index in [-0.39, 0.29) is 0 Å². The lowest BCUT2D eigenvalue weighted by Crippen LogP contribution is -2.37. The van der Waals surface area contributed by atoms with Crippen molar-refractivity contribution in [2.45, 2.75) is 18.5 Å². The van der Waals surface area contributed by atoms with Crippen molar-refractivity contribution in [2.75, 3.05) is 21.1 Å². The molecular weight excluding hydrogens is 172 g/mol. The van der Waals surface area contributed by atoms with Crippen LogP contribution in [0, 0.1) is 0 Å². The van der Waals surface area contributed by atoms with Crippen molar-refractivity contribution in [3.8, 4) is 0 Å². The minimum Gasteiger partial charge on any atom is -0.312 e. The SMILES string of the molecule is CNC1c2ccccc2CC1N(C)C. The molecule has 2 atom stereocenters. The summed E-state index contributed by atoms with van der Waals surface area (Å²) in [5.74, 6) is 0. The predicted octanol–water partition coefficient (Wildman–Crippen LogP) is 1.43. The standard InChI is InChI=1S/C12H18N2/c1-13-12-10-7-5-4-6-9(10)8-11(12)14(2)3/h4-7,11-13H,8H2,1-3H3. The average molecular weight is 190 g/mol. The van der Waals surface area contributed by atoms with Crippen molar-refractivity contribution in [2.24, 2.45) is 0 Å². The highest BCUT2D eigenvalue weighted by Gasteiger charge is 2.31. The van der Waals surface area contributed by atoms with Gasteiger partial charge in [-0.25, -0.2) is 0 Å². The van der Waals surface area contributed by atoms with Gasteiger partial charge in [0, 0.05) is 12.1 Å². The molecule has 1 aliphatic rings. The van der Waals surface area contributed by atoms with Crippen molar-refractivity contribution < 1.29 is 0 Å². The number of fused-ring (bicyclic) bond motifs is 1. The Morgan fingerprint density at radius 1 is 1.29 bits per heavy atom. The van der Waals surface area contributed by atoms with Crippen LogP contribution in [0.2, 0.25) is 0 Å². The van der Waals surface area contributed by atoms with Crippen molar-refractivity contribution in [1.82, 2.24) is 10.2 Å². The van der Waals surface area contributed by atoms with Gasteiger partial charge < -0.3 is 10.2 Å². The maximum Gasteiger partial charge on any atom is 0.0481 e. The zero-order chi connectivity index (χ0) is 10.1. The molecule has 0 bridgehead atoms. The molecule has 0 amide bonds. The Labute approximate surface area is 85.9 Å². The van der Waals surface area contributed by atoms with Crippen molar-refractivity contribution >= 4 is 0 Å². The van der Waals surface area contributed by atoms with Crippen LogP contribution < -0.4 is 5.32 Å². The molecular formula is C12H18N2. The van der Waals surface area contributed by atoms with E-state index in [1.54, 1.807) is 0 Å². The molecule has 0 radical (unpaired) electrons. The molecule has 1 aliphatic carbocycles. The van der Waals surface area contributed by atoms with E-state index in [2.05, 4.69) is 48.6 Å². The zero-order valence-corrected chi connectivity index (χ0v) is 9.12. The van der Waals surface area contributed by atoms with Gasteiger partial charge in [0.05, 0.1) is 0 Å². The van der Waals surface area contributed by atoms with E-state index in [0.717, 1.165) is 6.42 Å². The molecule has 76 valence electrons. The minimum absolute atomic E-state index is 0.487. The first-order valence-electron chi connectivity index (χ1n) is 5.15. The lowest BCUT2D eigenvalue weighted by Gasteiger charge is -2.26. The molecule has 1 N–H and O–H groups in total. The quantitative estimate of drug-likeness (QED) is 0.759. The number of likely N-dealkylation sites (N-methyl/N-ethyl adjacent to an activating group) is 2. The van der Waals surface area contributed by atoms with Gasteiger partial charge in [0.2, 0.25) is 0 Å². The summed E-state index contributed by atoms with van der Waals surface area (Å²) in [6, 6.07) is 9.81. The highest BCUT2D eigenvalue weighted by Crippen LogP contribution is 2.32. The van der Waals surface area contributed by atoms with Crippen LogP contribution in [0.25, 0.3) is 0 Å². The van der Waals surface area contributed by atoms with E-state index in [1.165, 1.54) is 11.1 Å². The van der Waals surface area contributed by atoms with Crippen LogP contribution in [-0.4, -0.2) is 32.1 Å². The van der Waals surface area contributed by atoms with Gasteiger partial charge in [0.1, 0.15) is 0 Å². The summed E-state index contributed by atoms with van der Waals surface area (Å²) < 4.78 is 0. The largest absolute Gasteiger partial charge is 0.312 e. The number of benzene rings is 1. The van der Waals surface area contributed by atoms with E-state index in [9.17, 15) is 0 Å². The maximum atomic E-state index is 3.41. The Morgan fingerprint density at radius 2 is 2.00 bits per heavy atom. The van der Waals surface area contributed by atoms with Crippen LogP contribution in [0.5, 0.6) is 0 Å². The van der Waals surface area contributed by atoms with Gasteiger partial charge in [0.15, 0.2) is 0 Å². The van der Waals surface area contributed by atoms with E-state index in [1.807, 2.05) is 7.05 Å². The lowest BCUT2D eigenvalue weighted by molar-refractivity contribution is 0.251. The molecule has 0 fully saturated rings. The predicted molar refractivity (Wildman–Crippen MR) is 59.4 cm³/mol. The summed E-state index contributed by atoms with van der Waals surface area (Å²) in [5, 5.41) is 3.41. The Balaban J connectivity index is 2.34. The van der Waals surface area contributed by atoms with E-state index < -0.39 is 0 Å². The first-order valence-corrected chi connectivity index (χ1v) is 5.15. The second kappa shape index (κ2) is 3.71. The smallest absolute Gasteiger partial charge is 0.0481 e. The molecule has 1 aromatic rings. The molecule has 0 spiro atoms. The third kappa shape index (κ3) is 1.45. The van der Waals surface area contributed by atoms with E-state index >= 15 is 0 Å². The number of hydrogen-bond donors (Lipinski definition) is 1. The molecule has 2 heteroatoms. The molecule has 0 saturated heterocycles. The summed E-state index contributed by atoms with van der Waals surface area (Å²) in [4.78, 5) is 2.31. The van der Waals surface area contributed by atoms with Crippen LogP contribution >= 0.6 is 0 Å². The third-order valence-corrected chi connectivity index (χ3v) is 3.18. The van der Waals surface area contributed by atoms with Gasteiger partial charge in [-0.3, -0.25) is 0 Å². The lowest BCUT2D eigenvalue weighted by atomic mass is 10.1. The van der Waals surface area contributed by atoms with E-state index in [0.29, 0.717) is 12.1 Å². The first kappa shape index (κ1) is 9.69. The Kier molecular flexibility index (Phi) is 2.57. The second-order valence-electron chi connectivity index (χ2n) is 4.20. The van der Waals surface area contributed by atoms with Gasteiger partial charge in [-0.15, -0.1) is 0 Å². The summed E-state index contributed by atoms with van der Waals surface area (Å²) in [6.45, 7) is 0. The Bertz CT molecular complexity index is 320. The van der Waals surface area contributed by atoms with Gasteiger partial charge in [-0.2, -0.15) is 0 Å². The normalized spacial score (nSPS) is 25.4. The molecule has 2 rings (SSSR count). The highest BCUT2D eigenvalue weighted by atomic mass is 15.1. The minimum atomic E-state index is 0.487. The monoisotopic (exact) mass is 190 g/mol. The summed E-state index contributed by atoms with van der Waals surface area (Å²) in [6.07, 6.45) is 1.16. The van der Waals surface area contributed by atoms with Crippen LogP contribution in [0.15, 0.2) is 24.3 Å². The second-order valence-corrected chi connectivity index (χ2v) is 4.20. The molecule has 2 unspecified atom stereocenters. The molecule has 0 aliphatic heterocycles. The van der Waals surface area contributed by atoms with Crippen LogP contribution in [0.1, 0.15) is 17.2 Å². The number of nitrogens with one attached hydrogen (secondary N) is 1. The maximum absolute atomic E-state index is 3.41. The van der Waals surface area contributed by atoms with Gasteiger partial charge in [0.25, 0.3) is 0 Å². The van der Waals surface area contributed by atoms with Gasteiger partial charge in [-0.1, -0.05) is 24.3 Å². The molecule has 14 heavy (non-hydrogen) atoms. The summed E-state index contributed by atoms with van der Waals surface area (Å²) in [5.41, 5.74) is 2.96. The van der Waals surface area contributed by atoms with Crippen molar-refractivity contribution in [3.63, 3.8) is 0 Å².